The van der Waals surface area contributed by atoms with Gasteiger partial charge in [0, 0.05) is 31.9 Å². The molecule has 1 aromatic rings. The number of anilines is 1. The average molecular weight is 250 g/mol. The summed E-state index contributed by atoms with van der Waals surface area (Å²) < 4.78 is 0. The van der Waals surface area contributed by atoms with Crippen molar-refractivity contribution < 1.29 is 0 Å². The van der Waals surface area contributed by atoms with Gasteiger partial charge in [-0.05, 0) is 29.3 Å². The monoisotopic (exact) mass is 250 g/mol. The van der Waals surface area contributed by atoms with Gasteiger partial charge in [-0.1, -0.05) is 36.4 Å². The molecule has 2 aliphatic rings. The predicted molar refractivity (Wildman–Crippen MR) is 82.8 cm³/mol. The van der Waals surface area contributed by atoms with Crippen LogP contribution in [-0.4, -0.2) is 26.4 Å². The Bertz CT molecular complexity index is 574. The maximum Gasteiger partial charge on any atom is 0.0786 e. The van der Waals surface area contributed by atoms with Gasteiger partial charge in [0.15, 0.2) is 0 Å². The van der Waals surface area contributed by atoms with Crippen LogP contribution in [0.2, 0.25) is 0 Å². The molecule has 2 atom stereocenters. The molecule has 96 valence electrons. The third-order valence-electron chi connectivity index (χ3n) is 3.63. The second-order valence-corrected chi connectivity index (χ2v) is 5.19. The highest BCUT2D eigenvalue weighted by Gasteiger charge is 2.25. The Morgan fingerprint density at radius 1 is 1.05 bits per heavy atom. The van der Waals surface area contributed by atoms with E-state index in [-0.39, 0.29) is 0 Å². The minimum atomic E-state index is 0.303. The summed E-state index contributed by atoms with van der Waals surface area (Å²) in [4.78, 5) is 6.65. The van der Waals surface area contributed by atoms with Crippen molar-refractivity contribution in [3.8, 4) is 0 Å². The molecule has 2 nitrogen and oxygen atoms in total. The van der Waals surface area contributed by atoms with Crippen LogP contribution in [0.25, 0.3) is 6.08 Å². The molecule has 1 aliphatic heterocycles. The van der Waals surface area contributed by atoms with Crippen LogP contribution in [0.15, 0.2) is 59.1 Å². The van der Waals surface area contributed by atoms with Gasteiger partial charge in [0.25, 0.3) is 0 Å². The Morgan fingerprint density at radius 3 is 2.53 bits per heavy atom. The first-order chi connectivity index (χ1) is 9.24. The molecule has 2 unspecified atom stereocenters. The van der Waals surface area contributed by atoms with Gasteiger partial charge in [-0.15, -0.1) is 0 Å². The van der Waals surface area contributed by atoms with Crippen LogP contribution in [0.1, 0.15) is 5.56 Å². The number of hydrogen-bond acceptors (Lipinski definition) is 2. The lowest BCUT2D eigenvalue weighted by Gasteiger charge is -2.15. The highest BCUT2D eigenvalue weighted by molar-refractivity contribution is 5.89. The van der Waals surface area contributed by atoms with Gasteiger partial charge < -0.3 is 4.90 Å². The van der Waals surface area contributed by atoms with Crippen molar-refractivity contribution in [3.63, 3.8) is 0 Å². The van der Waals surface area contributed by atoms with E-state index in [2.05, 4.69) is 78.6 Å². The van der Waals surface area contributed by atoms with Gasteiger partial charge in [-0.3, -0.25) is 4.99 Å². The lowest BCUT2D eigenvalue weighted by molar-refractivity contribution is 0.707. The molecule has 0 spiro atoms. The lowest BCUT2D eigenvalue weighted by Crippen LogP contribution is -2.12. The van der Waals surface area contributed by atoms with Crippen LogP contribution in [0.4, 0.5) is 5.69 Å². The maximum absolute atomic E-state index is 4.54. The third-order valence-corrected chi connectivity index (χ3v) is 3.63. The largest absolute Gasteiger partial charge is 0.378 e. The van der Waals surface area contributed by atoms with E-state index >= 15 is 0 Å². The van der Waals surface area contributed by atoms with Crippen LogP contribution in [0.3, 0.4) is 0 Å². The summed E-state index contributed by atoms with van der Waals surface area (Å²) in [6.07, 6.45) is 12.8. The zero-order chi connectivity index (χ0) is 13.2. The molecular weight excluding hydrogens is 232 g/mol. The molecule has 0 N–H and O–H groups in total. The molecule has 1 aromatic carbocycles. The van der Waals surface area contributed by atoms with E-state index in [1.807, 2.05) is 6.21 Å². The summed E-state index contributed by atoms with van der Waals surface area (Å²) in [6, 6.07) is 8.91. The smallest absolute Gasteiger partial charge is 0.0786 e. The summed E-state index contributed by atoms with van der Waals surface area (Å²) >= 11 is 0. The second-order valence-electron chi connectivity index (χ2n) is 5.19. The molecule has 0 saturated heterocycles. The molecule has 0 saturated carbocycles. The maximum atomic E-state index is 4.54. The first kappa shape index (κ1) is 12.0. The third kappa shape index (κ3) is 2.39. The summed E-state index contributed by atoms with van der Waals surface area (Å²) in [5, 5.41) is 0. The minimum absolute atomic E-state index is 0.303. The van der Waals surface area contributed by atoms with Crippen molar-refractivity contribution in [2.75, 3.05) is 19.0 Å². The highest BCUT2D eigenvalue weighted by Crippen LogP contribution is 2.29. The fourth-order valence-electron chi connectivity index (χ4n) is 2.50. The Balaban J connectivity index is 1.84. The topological polar surface area (TPSA) is 15.6 Å². The van der Waals surface area contributed by atoms with E-state index in [0.717, 1.165) is 0 Å². The van der Waals surface area contributed by atoms with Crippen molar-refractivity contribution in [1.29, 1.82) is 0 Å². The first-order valence-electron chi connectivity index (χ1n) is 6.61. The normalized spacial score (nSPS) is 25.9. The molecule has 0 radical (unpaired) electrons. The summed E-state index contributed by atoms with van der Waals surface area (Å²) in [7, 11) is 4.11. The quantitative estimate of drug-likeness (QED) is 0.786. The summed E-state index contributed by atoms with van der Waals surface area (Å²) in [6.45, 7) is 0. The van der Waals surface area contributed by atoms with Crippen molar-refractivity contribution >= 4 is 18.0 Å². The number of hydrogen-bond donors (Lipinski definition) is 0. The van der Waals surface area contributed by atoms with Gasteiger partial charge in [0.2, 0.25) is 0 Å². The van der Waals surface area contributed by atoms with Crippen LogP contribution in [0, 0.1) is 5.92 Å². The summed E-state index contributed by atoms with van der Waals surface area (Å²) in [5.41, 5.74) is 3.75. The fourth-order valence-corrected chi connectivity index (χ4v) is 2.50. The number of fused-ring (bicyclic) bond motifs is 1. The molecule has 1 heterocycles. The number of rotatable bonds is 2. The van der Waals surface area contributed by atoms with Crippen LogP contribution in [0.5, 0.6) is 0 Å². The number of benzene rings is 1. The predicted octanol–water partition coefficient (Wildman–Crippen LogP) is 3.33. The minimum Gasteiger partial charge on any atom is -0.378 e. The van der Waals surface area contributed by atoms with Crippen molar-refractivity contribution in [2.24, 2.45) is 10.9 Å². The first-order valence-corrected chi connectivity index (χ1v) is 6.61. The highest BCUT2D eigenvalue weighted by atomic mass is 15.1. The molecule has 2 heteroatoms. The van der Waals surface area contributed by atoms with Crippen molar-refractivity contribution in [2.45, 2.75) is 6.04 Å². The lowest BCUT2D eigenvalue weighted by atomic mass is 9.90. The van der Waals surface area contributed by atoms with Gasteiger partial charge in [-0.25, -0.2) is 0 Å². The van der Waals surface area contributed by atoms with Gasteiger partial charge in [0.05, 0.1) is 6.04 Å². The fraction of sp³-hybridized carbons (Fsp3) is 0.235. The Kier molecular flexibility index (Phi) is 3.08. The van der Waals surface area contributed by atoms with E-state index in [0.29, 0.717) is 12.0 Å². The van der Waals surface area contributed by atoms with Gasteiger partial charge in [0.1, 0.15) is 0 Å². The zero-order valence-corrected chi connectivity index (χ0v) is 11.3. The van der Waals surface area contributed by atoms with E-state index in [9.17, 15) is 0 Å². The van der Waals surface area contributed by atoms with E-state index < -0.39 is 0 Å². The SMILES string of the molecule is CN(C)c1ccc(/C=C2\C=NC3C=CC=CC23)cc1. The van der Waals surface area contributed by atoms with Crippen LogP contribution < -0.4 is 4.90 Å². The van der Waals surface area contributed by atoms with Gasteiger partial charge in [-0.2, -0.15) is 0 Å². The molecule has 3 rings (SSSR count). The van der Waals surface area contributed by atoms with Crippen LogP contribution >= 0.6 is 0 Å². The van der Waals surface area contributed by atoms with Crippen molar-refractivity contribution in [1.82, 2.24) is 0 Å². The Labute approximate surface area is 114 Å². The number of aliphatic imine (C=N–C) groups is 1. The molecule has 0 bridgehead atoms. The molecule has 19 heavy (non-hydrogen) atoms. The summed E-state index contributed by atoms with van der Waals surface area (Å²) in [5.74, 6) is 0.415. The van der Waals surface area contributed by atoms with E-state index in [1.165, 1.54) is 16.8 Å². The number of nitrogens with zero attached hydrogens (tertiary/aromatic N) is 2. The molecule has 0 fully saturated rings. The second kappa shape index (κ2) is 4.88. The van der Waals surface area contributed by atoms with Gasteiger partial charge >= 0.3 is 0 Å². The Hall–Kier alpha value is -2.09. The number of allylic oxidation sites excluding steroid dienone is 2. The van der Waals surface area contributed by atoms with Crippen LogP contribution in [-0.2, 0) is 0 Å². The molecule has 0 amide bonds. The average Bonchev–Trinajstić information content (AvgIpc) is 2.83. The molecular formula is C17H18N2. The van der Waals surface area contributed by atoms with E-state index in [1.54, 1.807) is 0 Å². The molecule has 0 aromatic heterocycles. The standard InChI is InChI=1S/C17H18N2/c1-19(2)15-9-7-13(8-10-15)11-14-12-18-17-6-4-3-5-16(14)17/h3-12,16-17H,1-2H3/b14-11+. The molecule has 1 aliphatic carbocycles. The Morgan fingerprint density at radius 2 is 1.79 bits per heavy atom. The van der Waals surface area contributed by atoms with E-state index in [4.69, 9.17) is 0 Å². The zero-order valence-electron chi connectivity index (χ0n) is 11.3. The van der Waals surface area contributed by atoms with Crippen molar-refractivity contribution in [3.05, 3.63) is 59.7 Å².